The highest BCUT2D eigenvalue weighted by Gasteiger charge is 2.39. The Labute approximate surface area is 125 Å². The van der Waals surface area contributed by atoms with E-state index in [9.17, 15) is 0 Å². The van der Waals surface area contributed by atoms with Crippen molar-refractivity contribution >= 4 is 11.6 Å². The maximum absolute atomic E-state index is 6.74. The molecule has 3 rings (SSSR count). The number of aromatic nitrogens is 2. The Hall–Kier alpha value is -1.28. The van der Waals surface area contributed by atoms with Gasteiger partial charge in [0.1, 0.15) is 0 Å². The summed E-state index contributed by atoms with van der Waals surface area (Å²) in [6, 6.07) is 10.2. The maximum atomic E-state index is 6.74. The molecule has 1 aromatic heterocycles. The fourth-order valence-corrected chi connectivity index (χ4v) is 3.91. The third-order valence-electron chi connectivity index (χ3n) is 4.64. The fourth-order valence-electron chi connectivity index (χ4n) is 3.33. The quantitative estimate of drug-likeness (QED) is 0.729. The van der Waals surface area contributed by atoms with Crippen molar-refractivity contribution in [1.82, 2.24) is 9.78 Å². The monoisotopic (exact) mass is 288 g/mol. The Morgan fingerprint density at radius 2 is 2.05 bits per heavy atom. The number of hydrogen-bond donors (Lipinski definition) is 0. The Morgan fingerprint density at radius 1 is 1.30 bits per heavy atom. The summed E-state index contributed by atoms with van der Waals surface area (Å²) < 4.78 is 1.91. The van der Waals surface area contributed by atoms with Crippen molar-refractivity contribution in [2.24, 2.45) is 11.3 Å². The second-order valence-electron chi connectivity index (χ2n) is 6.44. The van der Waals surface area contributed by atoms with Crippen molar-refractivity contribution in [1.29, 1.82) is 0 Å². The molecule has 2 nitrogen and oxygen atoms in total. The van der Waals surface area contributed by atoms with Gasteiger partial charge in [0.05, 0.1) is 17.3 Å². The molecule has 3 heteroatoms. The SMILES string of the molecule is CC1(C)CCCC1C(Cl)c1cnn(-c2ccccc2)c1. The number of benzene rings is 1. The molecule has 1 saturated carbocycles. The minimum atomic E-state index is 0.0602. The van der Waals surface area contributed by atoms with E-state index in [0.29, 0.717) is 11.3 Å². The van der Waals surface area contributed by atoms with Crippen LogP contribution in [0.3, 0.4) is 0 Å². The van der Waals surface area contributed by atoms with Crippen LogP contribution in [0, 0.1) is 11.3 Å². The maximum Gasteiger partial charge on any atom is 0.0649 e. The van der Waals surface area contributed by atoms with Crippen LogP contribution in [0.1, 0.15) is 44.1 Å². The molecule has 2 aromatic rings. The first-order chi connectivity index (χ1) is 9.58. The summed E-state index contributed by atoms with van der Waals surface area (Å²) in [4.78, 5) is 0. The van der Waals surface area contributed by atoms with Crippen LogP contribution in [0.25, 0.3) is 5.69 Å². The van der Waals surface area contributed by atoms with E-state index in [0.717, 1.165) is 11.3 Å². The highest BCUT2D eigenvalue weighted by atomic mass is 35.5. The Kier molecular flexibility index (Phi) is 3.59. The highest BCUT2D eigenvalue weighted by Crippen LogP contribution is 2.51. The zero-order chi connectivity index (χ0) is 14.2. The molecule has 106 valence electrons. The molecule has 0 amide bonds. The molecule has 0 radical (unpaired) electrons. The van der Waals surface area contributed by atoms with E-state index < -0.39 is 0 Å². The standard InChI is InChI=1S/C17H21ClN2/c1-17(2)10-6-9-15(17)16(18)13-11-19-20(12-13)14-7-4-3-5-8-14/h3-5,7-8,11-12,15-16H,6,9-10H2,1-2H3. The Morgan fingerprint density at radius 3 is 2.70 bits per heavy atom. The van der Waals surface area contributed by atoms with Gasteiger partial charge in [-0.2, -0.15) is 5.10 Å². The van der Waals surface area contributed by atoms with E-state index in [2.05, 4.69) is 37.3 Å². The Bertz CT molecular complexity index is 574. The summed E-state index contributed by atoms with van der Waals surface area (Å²) in [7, 11) is 0. The van der Waals surface area contributed by atoms with Crippen LogP contribution in [0.15, 0.2) is 42.7 Å². The molecule has 1 heterocycles. The molecule has 2 unspecified atom stereocenters. The summed E-state index contributed by atoms with van der Waals surface area (Å²) in [5, 5.41) is 4.52. The molecule has 0 spiro atoms. The summed E-state index contributed by atoms with van der Waals surface area (Å²) in [6.07, 6.45) is 7.76. The van der Waals surface area contributed by atoms with Gasteiger partial charge in [0.25, 0.3) is 0 Å². The van der Waals surface area contributed by atoms with Crippen molar-refractivity contribution in [2.75, 3.05) is 0 Å². The van der Waals surface area contributed by atoms with Crippen molar-refractivity contribution in [3.8, 4) is 5.69 Å². The molecule has 20 heavy (non-hydrogen) atoms. The van der Waals surface area contributed by atoms with Gasteiger partial charge in [-0.25, -0.2) is 4.68 Å². The molecular weight excluding hydrogens is 268 g/mol. The van der Waals surface area contributed by atoms with E-state index in [1.165, 1.54) is 19.3 Å². The van der Waals surface area contributed by atoms with Crippen LogP contribution in [0.2, 0.25) is 0 Å². The first kappa shape index (κ1) is 13.7. The second-order valence-corrected chi connectivity index (χ2v) is 6.91. The van der Waals surface area contributed by atoms with E-state index in [-0.39, 0.29) is 5.38 Å². The zero-order valence-corrected chi connectivity index (χ0v) is 12.8. The van der Waals surface area contributed by atoms with E-state index in [1.807, 2.05) is 29.1 Å². The minimum Gasteiger partial charge on any atom is -0.241 e. The number of alkyl halides is 1. The molecule has 0 bridgehead atoms. The summed E-state index contributed by atoms with van der Waals surface area (Å²) in [5.41, 5.74) is 2.55. The van der Waals surface area contributed by atoms with Crippen LogP contribution >= 0.6 is 11.6 Å². The molecule has 0 N–H and O–H groups in total. The molecule has 1 aromatic carbocycles. The first-order valence-corrected chi connectivity index (χ1v) is 7.76. The molecule has 2 atom stereocenters. The van der Waals surface area contributed by atoms with Gasteiger partial charge in [-0.3, -0.25) is 0 Å². The lowest BCUT2D eigenvalue weighted by Crippen LogP contribution is -2.21. The van der Waals surface area contributed by atoms with Gasteiger partial charge in [0.2, 0.25) is 0 Å². The zero-order valence-electron chi connectivity index (χ0n) is 12.1. The predicted molar refractivity (Wildman–Crippen MR) is 83.3 cm³/mol. The highest BCUT2D eigenvalue weighted by molar-refractivity contribution is 6.21. The lowest BCUT2D eigenvalue weighted by molar-refractivity contribution is 0.252. The van der Waals surface area contributed by atoms with Crippen molar-refractivity contribution in [2.45, 2.75) is 38.5 Å². The van der Waals surface area contributed by atoms with Gasteiger partial charge in [-0.05, 0) is 36.3 Å². The molecule has 0 saturated heterocycles. The topological polar surface area (TPSA) is 17.8 Å². The molecule has 1 aliphatic carbocycles. The summed E-state index contributed by atoms with van der Waals surface area (Å²) >= 11 is 6.74. The normalized spacial score (nSPS) is 22.9. The number of hydrogen-bond acceptors (Lipinski definition) is 1. The lowest BCUT2D eigenvalue weighted by Gasteiger charge is -2.30. The predicted octanol–water partition coefficient (Wildman–Crippen LogP) is 4.98. The molecule has 1 fully saturated rings. The largest absolute Gasteiger partial charge is 0.241 e. The fraction of sp³-hybridized carbons (Fsp3) is 0.471. The number of halogens is 1. The van der Waals surface area contributed by atoms with Crippen LogP contribution in [-0.2, 0) is 0 Å². The van der Waals surface area contributed by atoms with Gasteiger partial charge < -0.3 is 0 Å². The van der Waals surface area contributed by atoms with E-state index in [4.69, 9.17) is 11.6 Å². The summed E-state index contributed by atoms with van der Waals surface area (Å²) in [6.45, 7) is 4.67. The number of nitrogens with zero attached hydrogens (tertiary/aromatic N) is 2. The van der Waals surface area contributed by atoms with E-state index >= 15 is 0 Å². The van der Waals surface area contributed by atoms with Crippen LogP contribution in [0.4, 0.5) is 0 Å². The van der Waals surface area contributed by atoms with Crippen LogP contribution in [-0.4, -0.2) is 9.78 Å². The lowest BCUT2D eigenvalue weighted by atomic mass is 9.78. The van der Waals surface area contributed by atoms with Gasteiger partial charge in [0, 0.05) is 11.8 Å². The van der Waals surface area contributed by atoms with E-state index in [1.54, 1.807) is 0 Å². The first-order valence-electron chi connectivity index (χ1n) is 7.32. The molecule has 0 aliphatic heterocycles. The van der Waals surface area contributed by atoms with Crippen LogP contribution in [0.5, 0.6) is 0 Å². The van der Waals surface area contributed by atoms with Crippen molar-refractivity contribution in [3.05, 3.63) is 48.3 Å². The molecular formula is C17H21ClN2. The number of para-hydroxylation sites is 1. The summed E-state index contributed by atoms with van der Waals surface area (Å²) in [5.74, 6) is 0.539. The van der Waals surface area contributed by atoms with Crippen molar-refractivity contribution in [3.63, 3.8) is 0 Å². The van der Waals surface area contributed by atoms with Gasteiger partial charge in [-0.15, -0.1) is 11.6 Å². The van der Waals surface area contributed by atoms with Crippen molar-refractivity contribution < 1.29 is 0 Å². The third kappa shape index (κ3) is 2.49. The number of rotatable bonds is 3. The van der Waals surface area contributed by atoms with Gasteiger partial charge in [-0.1, -0.05) is 38.5 Å². The molecule has 1 aliphatic rings. The van der Waals surface area contributed by atoms with Gasteiger partial charge >= 0.3 is 0 Å². The van der Waals surface area contributed by atoms with Crippen LogP contribution < -0.4 is 0 Å². The second kappa shape index (κ2) is 5.25. The average molecular weight is 289 g/mol. The third-order valence-corrected chi connectivity index (χ3v) is 5.19. The Balaban J connectivity index is 1.83. The van der Waals surface area contributed by atoms with Gasteiger partial charge in [0.15, 0.2) is 0 Å². The smallest absolute Gasteiger partial charge is 0.0649 e. The average Bonchev–Trinajstić information content (AvgIpc) is 3.05. The minimum absolute atomic E-state index is 0.0602.